The number of carbonyl (C=O) groups is 1. The van der Waals surface area contributed by atoms with Gasteiger partial charge < -0.3 is 5.32 Å². The van der Waals surface area contributed by atoms with Gasteiger partial charge in [0.2, 0.25) is 5.91 Å². The maximum atomic E-state index is 12.7. The van der Waals surface area contributed by atoms with Crippen LogP contribution in [0.25, 0.3) is 17.1 Å². The number of aromatic nitrogens is 4. The molecule has 0 radical (unpaired) electrons. The van der Waals surface area contributed by atoms with Crippen molar-refractivity contribution in [2.75, 3.05) is 11.1 Å². The first kappa shape index (κ1) is 25.6. The Morgan fingerprint density at radius 3 is 2.61 bits per heavy atom. The minimum Gasteiger partial charge on any atom is -0.301 e. The standard InChI is InChI=1S/C26H19ClN6O3S2/c27-19-11-9-17(10-12-19)13-22-15-28-25(38-22)29-23(34)16-37-26-31-30-24(32(26)20-6-2-1-3-7-20)18-5-4-8-21(14-18)33(35)36/h1-12,14-15H,13,16H2,(H,28,29,34). The summed E-state index contributed by atoms with van der Waals surface area (Å²) >= 11 is 8.58. The Morgan fingerprint density at radius 2 is 1.84 bits per heavy atom. The summed E-state index contributed by atoms with van der Waals surface area (Å²) in [7, 11) is 0. The summed E-state index contributed by atoms with van der Waals surface area (Å²) in [5.41, 5.74) is 2.38. The number of anilines is 1. The summed E-state index contributed by atoms with van der Waals surface area (Å²) in [6.45, 7) is 0. The molecular weight excluding hydrogens is 544 g/mol. The predicted octanol–water partition coefficient (Wildman–Crippen LogP) is 6.27. The fourth-order valence-electron chi connectivity index (χ4n) is 3.65. The second-order valence-electron chi connectivity index (χ2n) is 8.06. The molecule has 38 heavy (non-hydrogen) atoms. The van der Waals surface area contributed by atoms with Crippen molar-refractivity contribution in [1.82, 2.24) is 19.7 Å². The largest absolute Gasteiger partial charge is 0.301 e. The number of nitrogens with one attached hydrogen (secondary N) is 1. The number of carbonyl (C=O) groups excluding carboxylic acids is 1. The highest BCUT2D eigenvalue weighted by atomic mass is 35.5. The van der Waals surface area contributed by atoms with Gasteiger partial charge in [0.05, 0.1) is 10.7 Å². The molecule has 0 aliphatic rings. The molecule has 0 fully saturated rings. The second kappa shape index (κ2) is 11.5. The fraction of sp³-hybridized carbons (Fsp3) is 0.0769. The van der Waals surface area contributed by atoms with Gasteiger partial charge in [-0.25, -0.2) is 4.98 Å². The van der Waals surface area contributed by atoms with Crippen LogP contribution >= 0.6 is 34.7 Å². The number of para-hydroxylation sites is 1. The Hall–Kier alpha value is -4.06. The summed E-state index contributed by atoms with van der Waals surface area (Å²) < 4.78 is 1.78. The van der Waals surface area contributed by atoms with Crippen LogP contribution < -0.4 is 5.32 Å². The second-order valence-corrected chi connectivity index (χ2v) is 10.6. The van der Waals surface area contributed by atoms with E-state index in [2.05, 4.69) is 20.5 Å². The van der Waals surface area contributed by atoms with E-state index < -0.39 is 4.92 Å². The lowest BCUT2D eigenvalue weighted by Crippen LogP contribution is -2.14. The van der Waals surface area contributed by atoms with Crippen LogP contribution in [0.15, 0.2) is 90.2 Å². The molecule has 9 nitrogen and oxygen atoms in total. The molecule has 12 heteroatoms. The first-order valence-corrected chi connectivity index (χ1v) is 13.5. The van der Waals surface area contributed by atoms with Crippen molar-refractivity contribution in [3.8, 4) is 17.1 Å². The molecule has 5 rings (SSSR count). The summed E-state index contributed by atoms with van der Waals surface area (Å²) in [6.07, 6.45) is 2.44. The number of rotatable bonds is 9. The molecule has 1 N–H and O–H groups in total. The molecule has 2 aromatic heterocycles. The van der Waals surface area contributed by atoms with Gasteiger partial charge in [-0.3, -0.25) is 19.5 Å². The highest BCUT2D eigenvalue weighted by molar-refractivity contribution is 7.99. The van der Waals surface area contributed by atoms with Crippen LogP contribution in [0.4, 0.5) is 10.8 Å². The van der Waals surface area contributed by atoms with Crippen LogP contribution in [0.5, 0.6) is 0 Å². The van der Waals surface area contributed by atoms with Crippen molar-refractivity contribution in [1.29, 1.82) is 0 Å². The average molecular weight is 563 g/mol. The van der Waals surface area contributed by atoms with Crippen molar-refractivity contribution in [2.45, 2.75) is 11.6 Å². The Balaban J connectivity index is 1.30. The van der Waals surface area contributed by atoms with Gasteiger partial charge in [-0.15, -0.1) is 21.5 Å². The van der Waals surface area contributed by atoms with Gasteiger partial charge >= 0.3 is 0 Å². The third-order valence-electron chi connectivity index (χ3n) is 5.39. The summed E-state index contributed by atoms with van der Waals surface area (Å²) in [6, 6.07) is 23.2. The Labute approximate surface area is 230 Å². The van der Waals surface area contributed by atoms with E-state index in [4.69, 9.17) is 11.6 Å². The van der Waals surface area contributed by atoms with Crippen LogP contribution in [-0.2, 0) is 11.2 Å². The number of non-ortho nitro benzene ring substituents is 1. The smallest absolute Gasteiger partial charge is 0.270 e. The molecule has 1 amide bonds. The number of halogens is 1. The molecule has 0 bridgehead atoms. The lowest BCUT2D eigenvalue weighted by atomic mass is 10.1. The van der Waals surface area contributed by atoms with E-state index in [1.165, 1.54) is 35.2 Å². The molecule has 0 atom stereocenters. The quantitative estimate of drug-likeness (QED) is 0.128. The molecule has 190 valence electrons. The zero-order valence-electron chi connectivity index (χ0n) is 19.7. The monoisotopic (exact) mass is 562 g/mol. The van der Waals surface area contributed by atoms with Crippen LogP contribution in [0, 0.1) is 10.1 Å². The molecular formula is C26H19ClN6O3S2. The number of hydrogen-bond acceptors (Lipinski definition) is 8. The summed E-state index contributed by atoms with van der Waals surface area (Å²) in [4.78, 5) is 28.9. The molecule has 0 spiro atoms. The van der Waals surface area contributed by atoms with E-state index in [-0.39, 0.29) is 17.3 Å². The molecule has 0 saturated heterocycles. The predicted molar refractivity (Wildman–Crippen MR) is 149 cm³/mol. The van der Waals surface area contributed by atoms with Crippen molar-refractivity contribution < 1.29 is 9.72 Å². The minimum absolute atomic E-state index is 0.0439. The molecule has 5 aromatic rings. The highest BCUT2D eigenvalue weighted by Gasteiger charge is 2.19. The van der Waals surface area contributed by atoms with Crippen molar-refractivity contribution >= 4 is 51.4 Å². The summed E-state index contributed by atoms with van der Waals surface area (Å²) in [5, 5.41) is 24.4. The van der Waals surface area contributed by atoms with Gasteiger partial charge in [-0.05, 0) is 29.8 Å². The topological polar surface area (TPSA) is 116 Å². The van der Waals surface area contributed by atoms with Crippen molar-refractivity contribution in [3.05, 3.63) is 111 Å². The zero-order chi connectivity index (χ0) is 26.5. The van der Waals surface area contributed by atoms with Crippen LogP contribution in [-0.4, -0.2) is 36.3 Å². The molecule has 3 aromatic carbocycles. The van der Waals surface area contributed by atoms with Crippen LogP contribution in [0.2, 0.25) is 5.02 Å². The zero-order valence-corrected chi connectivity index (χ0v) is 22.0. The molecule has 0 aliphatic heterocycles. The number of nitro benzene ring substituents is 1. The average Bonchev–Trinajstić information content (AvgIpc) is 3.56. The SMILES string of the molecule is O=C(CSc1nnc(-c2cccc([N+](=O)[O-])c2)n1-c1ccccc1)Nc1ncc(Cc2ccc(Cl)cc2)s1. The van der Waals surface area contributed by atoms with Gasteiger partial charge in [-0.2, -0.15) is 0 Å². The van der Waals surface area contributed by atoms with Gasteiger partial charge in [0.1, 0.15) is 0 Å². The normalized spacial score (nSPS) is 10.9. The van der Waals surface area contributed by atoms with Gasteiger partial charge in [-0.1, -0.05) is 65.8 Å². The van der Waals surface area contributed by atoms with Crippen molar-refractivity contribution in [3.63, 3.8) is 0 Å². The first-order valence-electron chi connectivity index (χ1n) is 11.3. The maximum Gasteiger partial charge on any atom is 0.270 e. The number of nitro groups is 1. The van der Waals surface area contributed by atoms with Crippen LogP contribution in [0.3, 0.4) is 0 Å². The lowest BCUT2D eigenvalue weighted by molar-refractivity contribution is -0.384. The number of benzene rings is 3. The third kappa shape index (κ3) is 6.08. The lowest BCUT2D eigenvalue weighted by Gasteiger charge is -2.10. The van der Waals surface area contributed by atoms with E-state index in [0.717, 1.165) is 16.1 Å². The van der Waals surface area contributed by atoms with Crippen molar-refractivity contribution in [2.24, 2.45) is 0 Å². The summed E-state index contributed by atoms with van der Waals surface area (Å²) in [5.74, 6) is 0.280. The number of hydrogen-bond donors (Lipinski definition) is 1. The fourth-order valence-corrected chi connectivity index (χ4v) is 5.40. The number of nitrogens with zero attached hydrogens (tertiary/aromatic N) is 5. The van der Waals surface area contributed by atoms with Gasteiger partial charge in [0.15, 0.2) is 16.1 Å². The highest BCUT2D eigenvalue weighted by Crippen LogP contribution is 2.30. The number of thioether (sulfide) groups is 1. The molecule has 0 unspecified atom stereocenters. The number of thiazole rings is 1. The Kier molecular flexibility index (Phi) is 7.78. The van der Waals surface area contributed by atoms with E-state index in [1.54, 1.807) is 22.9 Å². The van der Waals surface area contributed by atoms with Crippen LogP contribution in [0.1, 0.15) is 10.4 Å². The minimum atomic E-state index is -0.452. The van der Waals surface area contributed by atoms with E-state index >= 15 is 0 Å². The number of amides is 1. The Morgan fingerprint density at radius 1 is 1.05 bits per heavy atom. The third-order valence-corrected chi connectivity index (χ3v) is 7.48. The maximum absolute atomic E-state index is 12.7. The Bertz CT molecular complexity index is 1590. The molecule has 0 saturated carbocycles. The van der Waals surface area contributed by atoms with Gasteiger partial charge in [0.25, 0.3) is 5.69 Å². The van der Waals surface area contributed by atoms with E-state index in [1.807, 2.05) is 54.6 Å². The van der Waals surface area contributed by atoms with E-state index in [0.29, 0.717) is 33.1 Å². The van der Waals surface area contributed by atoms with E-state index in [9.17, 15) is 14.9 Å². The molecule has 2 heterocycles. The van der Waals surface area contributed by atoms with Gasteiger partial charge in [0, 0.05) is 45.9 Å². The first-order chi connectivity index (χ1) is 18.5. The molecule has 0 aliphatic carbocycles.